The Morgan fingerprint density at radius 1 is 0.974 bits per heavy atom. The molecule has 3 aromatic rings. The van der Waals surface area contributed by atoms with Crippen LogP contribution in [0.25, 0.3) is 0 Å². The fourth-order valence-electron chi connectivity index (χ4n) is 3.69. The standard InChI is InChI=1S/C30H34N3O5/c1-19(29(31)36)9-14-28(35)32-26(30(37)33-25-15-21(3)27(34)16-20(25)2)17-22-10-12-24(13-11-22)38-18-23-7-5-4-6-8-23/h4-8,10-16,19,26,34H,9,17-18H2,1-3H3,(H2,31,36)(H,32,35)(H,33,37). The highest BCUT2D eigenvalue weighted by molar-refractivity contribution is 5.99. The summed E-state index contributed by atoms with van der Waals surface area (Å²) >= 11 is 0. The van der Waals surface area contributed by atoms with Crippen LogP contribution in [0.1, 0.15) is 35.6 Å². The Hall–Kier alpha value is -4.33. The second-order valence-electron chi connectivity index (χ2n) is 9.37. The molecule has 199 valence electrons. The maximum atomic E-state index is 13.3. The number of phenolic OH excluding ortho intramolecular Hbond substituents is 1. The minimum absolute atomic E-state index is 0.137. The first-order valence-electron chi connectivity index (χ1n) is 12.4. The normalized spacial score (nSPS) is 12.3. The zero-order valence-electron chi connectivity index (χ0n) is 21.9. The summed E-state index contributed by atoms with van der Waals surface area (Å²) in [5.41, 5.74) is 9.00. The van der Waals surface area contributed by atoms with Crippen LogP contribution in [-0.4, -0.2) is 28.9 Å². The molecule has 8 nitrogen and oxygen atoms in total. The topological polar surface area (TPSA) is 131 Å². The molecule has 0 aliphatic heterocycles. The molecule has 0 heterocycles. The highest BCUT2D eigenvalue weighted by atomic mass is 16.5. The number of hydrogen-bond donors (Lipinski definition) is 4. The van der Waals surface area contributed by atoms with Gasteiger partial charge in [0.15, 0.2) is 0 Å². The Morgan fingerprint density at radius 2 is 1.66 bits per heavy atom. The Bertz CT molecular complexity index is 1260. The van der Waals surface area contributed by atoms with Crippen molar-refractivity contribution in [2.24, 2.45) is 11.7 Å². The van der Waals surface area contributed by atoms with Crippen LogP contribution in [-0.2, 0) is 27.4 Å². The minimum atomic E-state index is -0.896. The highest BCUT2D eigenvalue weighted by Crippen LogP contribution is 2.25. The van der Waals surface area contributed by atoms with Crippen LogP contribution in [0.3, 0.4) is 0 Å². The maximum absolute atomic E-state index is 13.3. The predicted octanol–water partition coefficient (Wildman–Crippen LogP) is 3.97. The number of carbonyl (C=O) groups excluding carboxylic acids is 3. The molecule has 0 spiro atoms. The zero-order valence-corrected chi connectivity index (χ0v) is 21.9. The van der Waals surface area contributed by atoms with Crippen LogP contribution in [0, 0.1) is 26.2 Å². The fourth-order valence-corrected chi connectivity index (χ4v) is 3.69. The second kappa shape index (κ2) is 13.3. The van der Waals surface area contributed by atoms with E-state index in [1.807, 2.05) is 54.6 Å². The third-order valence-corrected chi connectivity index (χ3v) is 6.19. The number of amides is 3. The third-order valence-electron chi connectivity index (χ3n) is 6.19. The Morgan fingerprint density at radius 3 is 2.32 bits per heavy atom. The monoisotopic (exact) mass is 516 g/mol. The number of nitrogens with one attached hydrogen (secondary N) is 2. The number of aromatic hydroxyl groups is 1. The molecule has 3 aromatic carbocycles. The van der Waals surface area contributed by atoms with Crippen LogP contribution in [0.15, 0.2) is 66.7 Å². The summed E-state index contributed by atoms with van der Waals surface area (Å²) in [4.78, 5) is 37.2. The lowest BCUT2D eigenvalue weighted by Gasteiger charge is -2.20. The van der Waals surface area contributed by atoms with E-state index >= 15 is 0 Å². The average molecular weight is 517 g/mol. The first-order chi connectivity index (χ1) is 18.1. The van der Waals surface area contributed by atoms with E-state index in [-0.39, 0.29) is 18.6 Å². The number of primary amides is 1. The van der Waals surface area contributed by atoms with Crippen molar-refractivity contribution in [2.45, 2.75) is 46.3 Å². The molecular weight excluding hydrogens is 482 g/mol. The van der Waals surface area contributed by atoms with E-state index in [1.54, 1.807) is 32.9 Å². The van der Waals surface area contributed by atoms with Crippen LogP contribution in [0.4, 0.5) is 5.69 Å². The van der Waals surface area contributed by atoms with E-state index in [9.17, 15) is 19.5 Å². The van der Waals surface area contributed by atoms with Gasteiger partial charge in [0, 0.05) is 18.0 Å². The molecule has 8 heteroatoms. The number of ether oxygens (including phenoxy) is 1. The third kappa shape index (κ3) is 8.37. The molecule has 3 amide bonds. The van der Waals surface area contributed by atoms with Gasteiger partial charge in [-0.3, -0.25) is 14.4 Å². The molecule has 5 N–H and O–H groups in total. The molecule has 0 aliphatic rings. The lowest BCUT2D eigenvalue weighted by Crippen LogP contribution is -2.45. The van der Waals surface area contributed by atoms with E-state index in [4.69, 9.17) is 10.5 Å². The lowest BCUT2D eigenvalue weighted by atomic mass is 10.0. The lowest BCUT2D eigenvalue weighted by molar-refractivity contribution is -0.125. The van der Waals surface area contributed by atoms with E-state index < -0.39 is 29.7 Å². The van der Waals surface area contributed by atoms with Crippen molar-refractivity contribution < 1.29 is 24.2 Å². The molecule has 1 radical (unpaired) electrons. The summed E-state index contributed by atoms with van der Waals surface area (Å²) in [6, 6.07) is 19.5. The summed E-state index contributed by atoms with van der Waals surface area (Å²) in [5.74, 6) is -1.06. The quantitative estimate of drug-likeness (QED) is 0.271. The van der Waals surface area contributed by atoms with E-state index in [2.05, 4.69) is 10.6 Å². The molecule has 0 aliphatic carbocycles. The largest absolute Gasteiger partial charge is 0.508 e. The smallest absolute Gasteiger partial charge is 0.247 e. The first kappa shape index (κ1) is 28.2. The van der Waals surface area contributed by atoms with Crippen molar-refractivity contribution in [3.8, 4) is 11.5 Å². The predicted molar refractivity (Wildman–Crippen MR) is 146 cm³/mol. The molecule has 0 saturated carbocycles. The molecular formula is C30H34N3O5. The van der Waals surface area contributed by atoms with Crippen molar-refractivity contribution in [2.75, 3.05) is 5.32 Å². The number of aryl methyl sites for hydroxylation is 2. The maximum Gasteiger partial charge on any atom is 0.247 e. The van der Waals surface area contributed by atoms with Gasteiger partial charge >= 0.3 is 0 Å². The van der Waals surface area contributed by atoms with Crippen LogP contribution in [0.5, 0.6) is 11.5 Å². The number of rotatable bonds is 12. The van der Waals surface area contributed by atoms with E-state index in [0.717, 1.165) is 11.1 Å². The molecule has 0 saturated heterocycles. The summed E-state index contributed by atoms with van der Waals surface area (Å²) in [6.45, 7) is 5.58. The number of hydrogen-bond acceptors (Lipinski definition) is 5. The molecule has 0 bridgehead atoms. The van der Waals surface area contributed by atoms with Crippen LogP contribution >= 0.6 is 0 Å². The van der Waals surface area contributed by atoms with Gasteiger partial charge in [-0.15, -0.1) is 0 Å². The van der Waals surface area contributed by atoms with Crippen molar-refractivity contribution >= 4 is 23.4 Å². The Balaban J connectivity index is 1.70. The summed E-state index contributed by atoms with van der Waals surface area (Å²) in [5, 5.41) is 15.5. The molecule has 38 heavy (non-hydrogen) atoms. The van der Waals surface area contributed by atoms with Crippen molar-refractivity contribution in [1.82, 2.24) is 5.32 Å². The second-order valence-corrected chi connectivity index (χ2v) is 9.37. The summed E-state index contributed by atoms with van der Waals surface area (Å²) < 4.78 is 5.84. The van der Waals surface area contributed by atoms with E-state index in [0.29, 0.717) is 29.2 Å². The number of phenols is 1. The molecule has 0 aromatic heterocycles. The highest BCUT2D eigenvalue weighted by Gasteiger charge is 2.23. The Kier molecular flexibility index (Phi) is 9.87. The minimum Gasteiger partial charge on any atom is -0.508 e. The van der Waals surface area contributed by atoms with Gasteiger partial charge in [0.2, 0.25) is 17.7 Å². The fraction of sp³-hybridized carbons (Fsp3) is 0.267. The molecule has 2 atom stereocenters. The first-order valence-corrected chi connectivity index (χ1v) is 12.4. The van der Waals surface area contributed by atoms with Crippen molar-refractivity contribution in [3.63, 3.8) is 0 Å². The van der Waals surface area contributed by atoms with Gasteiger partial charge in [-0.25, -0.2) is 0 Å². The number of carbonyl (C=O) groups is 3. The van der Waals surface area contributed by atoms with Gasteiger partial charge in [-0.05, 0) is 66.8 Å². The van der Waals surface area contributed by atoms with Gasteiger partial charge in [0.1, 0.15) is 24.1 Å². The van der Waals surface area contributed by atoms with Gasteiger partial charge in [-0.1, -0.05) is 49.4 Å². The van der Waals surface area contributed by atoms with Crippen molar-refractivity contribution in [3.05, 3.63) is 95.4 Å². The zero-order chi connectivity index (χ0) is 27.7. The number of nitrogens with two attached hydrogens (primary N) is 1. The SMILES string of the molecule is Cc1cc(NC(=O)C(Cc2ccc(OCc3ccccc3)cc2)NC(=O)[CH]CC(C)C(N)=O)c(C)cc1O. The van der Waals surface area contributed by atoms with E-state index in [1.165, 1.54) is 6.42 Å². The summed E-state index contributed by atoms with van der Waals surface area (Å²) in [7, 11) is 0. The van der Waals surface area contributed by atoms with Crippen molar-refractivity contribution in [1.29, 1.82) is 0 Å². The van der Waals surface area contributed by atoms with Gasteiger partial charge in [0.25, 0.3) is 0 Å². The summed E-state index contributed by atoms with van der Waals surface area (Å²) in [6.07, 6.45) is 1.72. The van der Waals surface area contributed by atoms with Crippen LogP contribution in [0.2, 0.25) is 0 Å². The van der Waals surface area contributed by atoms with Gasteiger partial charge < -0.3 is 26.2 Å². The number of anilines is 1. The average Bonchev–Trinajstić information content (AvgIpc) is 2.90. The van der Waals surface area contributed by atoms with Gasteiger partial charge in [0.05, 0.1) is 6.42 Å². The number of benzene rings is 3. The molecule has 3 rings (SSSR count). The molecule has 2 unspecified atom stereocenters. The molecule has 0 fully saturated rings. The Labute approximate surface area is 223 Å². The van der Waals surface area contributed by atoms with Crippen LogP contribution < -0.4 is 21.1 Å². The van der Waals surface area contributed by atoms with Gasteiger partial charge in [-0.2, -0.15) is 0 Å².